The van der Waals surface area contributed by atoms with Gasteiger partial charge in [0, 0.05) is 32.0 Å². The molecule has 1 aromatic rings. The fourth-order valence-electron chi connectivity index (χ4n) is 2.05. The topological polar surface area (TPSA) is 67.2 Å². The number of hydrogen-bond acceptors (Lipinski definition) is 3. The molecule has 0 atom stereocenters. The van der Waals surface area contributed by atoms with Crippen LogP contribution in [0.25, 0.3) is 0 Å². The molecule has 1 heterocycles. The second-order valence-corrected chi connectivity index (χ2v) is 7.13. The lowest BCUT2D eigenvalue weighted by Gasteiger charge is -2.22. The number of anilines is 1. The quantitative estimate of drug-likeness (QED) is 0.906. The summed E-state index contributed by atoms with van der Waals surface area (Å²) in [5.41, 5.74) is 0.833. The van der Waals surface area contributed by atoms with Gasteiger partial charge in [0.05, 0.1) is 12.2 Å². The van der Waals surface area contributed by atoms with Crippen molar-refractivity contribution in [3.8, 4) is 0 Å². The molecule has 0 radical (unpaired) electrons. The van der Waals surface area contributed by atoms with Crippen LogP contribution in [0.3, 0.4) is 0 Å². The lowest BCUT2D eigenvalue weighted by atomic mass is 9.92. The minimum Gasteiger partial charge on any atom is -0.333 e. The molecule has 22 heavy (non-hydrogen) atoms. The van der Waals surface area contributed by atoms with Crippen molar-refractivity contribution < 1.29 is 9.59 Å². The molecule has 0 spiro atoms. The average Bonchev–Trinajstić information content (AvgIpc) is 2.69. The first-order chi connectivity index (χ1) is 10.0. The number of carbonyl (C=O) groups is 2. The van der Waals surface area contributed by atoms with Crippen molar-refractivity contribution in [2.45, 2.75) is 47.0 Å². The Balaban J connectivity index is 2.76. The molecule has 0 bridgehead atoms. The Bertz CT molecular complexity index is 541. The summed E-state index contributed by atoms with van der Waals surface area (Å²) in [4.78, 5) is 25.3. The molecule has 0 saturated heterocycles. The Morgan fingerprint density at radius 2 is 1.95 bits per heavy atom. The van der Waals surface area contributed by atoms with Crippen molar-refractivity contribution in [1.82, 2.24) is 14.7 Å². The van der Waals surface area contributed by atoms with Gasteiger partial charge >= 0.3 is 0 Å². The van der Waals surface area contributed by atoms with Crippen LogP contribution in [0.2, 0.25) is 0 Å². The summed E-state index contributed by atoms with van der Waals surface area (Å²) in [6, 6.07) is 1.87. The van der Waals surface area contributed by atoms with Gasteiger partial charge in [0.1, 0.15) is 5.82 Å². The van der Waals surface area contributed by atoms with Gasteiger partial charge in [0.2, 0.25) is 11.8 Å². The summed E-state index contributed by atoms with van der Waals surface area (Å²) in [5, 5.41) is 7.25. The van der Waals surface area contributed by atoms with Crippen LogP contribution in [-0.2, 0) is 22.1 Å². The molecule has 6 heteroatoms. The third-order valence-corrected chi connectivity index (χ3v) is 3.28. The molecule has 0 fully saturated rings. The molecule has 0 aliphatic carbocycles. The standard InChI is InChI=1S/C16H28N4O2/c1-11(2)9-20(12(3)21)10-15(22)17-14-8-13(16(4,5)6)18-19(14)7/h8,11H,9-10H2,1-7H3,(H,17,22). The molecule has 0 saturated carbocycles. The van der Waals surface area contributed by atoms with Crippen LogP contribution in [0.5, 0.6) is 0 Å². The van der Waals surface area contributed by atoms with Gasteiger partial charge in [-0.1, -0.05) is 34.6 Å². The third-order valence-electron chi connectivity index (χ3n) is 3.28. The Hall–Kier alpha value is -1.85. The van der Waals surface area contributed by atoms with E-state index >= 15 is 0 Å². The summed E-state index contributed by atoms with van der Waals surface area (Å²) in [6.45, 7) is 12.4. The van der Waals surface area contributed by atoms with Gasteiger partial charge in [-0.25, -0.2) is 0 Å². The maximum Gasteiger partial charge on any atom is 0.245 e. The number of hydrogen-bond donors (Lipinski definition) is 1. The predicted molar refractivity (Wildman–Crippen MR) is 87.6 cm³/mol. The Morgan fingerprint density at radius 1 is 1.36 bits per heavy atom. The maximum atomic E-state index is 12.2. The summed E-state index contributed by atoms with van der Waals surface area (Å²) in [7, 11) is 1.79. The molecule has 2 amide bonds. The van der Waals surface area contributed by atoms with Crippen LogP contribution in [0.15, 0.2) is 6.07 Å². The van der Waals surface area contributed by atoms with Gasteiger partial charge in [0.25, 0.3) is 0 Å². The van der Waals surface area contributed by atoms with Gasteiger partial charge in [0.15, 0.2) is 0 Å². The Kier molecular flexibility index (Phi) is 5.74. The van der Waals surface area contributed by atoms with Crippen LogP contribution in [-0.4, -0.2) is 39.6 Å². The smallest absolute Gasteiger partial charge is 0.245 e. The monoisotopic (exact) mass is 308 g/mol. The highest BCUT2D eigenvalue weighted by Crippen LogP contribution is 2.23. The number of carbonyl (C=O) groups excluding carboxylic acids is 2. The number of aromatic nitrogens is 2. The average molecular weight is 308 g/mol. The van der Waals surface area contributed by atoms with Crippen molar-refractivity contribution >= 4 is 17.6 Å². The molecule has 1 N–H and O–H groups in total. The molecule has 0 aliphatic heterocycles. The lowest BCUT2D eigenvalue weighted by Crippen LogP contribution is -2.39. The maximum absolute atomic E-state index is 12.2. The molecule has 1 aromatic heterocycles. The highest BCUT2D eigenvalue weighted by Gasteiger charge is 2.20. The fourth-order valence-corrected chi connectivity index (χ4v) is 2.05. The van der Waals surface area contributed by atoms with Crippen LogP contribution in [0, 0.1) is 5.92 Å². The van der Waals surface area contributed by atoms with E-state index in [0.717, 1.165) is 5.69 Å². The van der Waals surface area contributed by atoms with Gasteiger partial charge in [-0.3, -0.25) is 14.3 Å². The van der Waals surface area contributed by atoms with Crippen molar-refractivity contribution in [2.24, 2.45) is 13.0 Å². The summed E-state index contributed by atoms with van der Waals surface area (Å²) >= 11 is 0. The zero-order valence-electron chi connectivity index (χ0n) is 14.7. The van der Waals surface area contributed by atoms with Crippen LogP contribution >= 0.6 is 0 Å². The van der Waals surface area contributed by atoms with Crippen LogP contribution < -0.4 is 5.32 Å². The van der Waals surface area contributed by atoms with Crippen molar-refractivity contribution in [3.05, 3.63) is 11.8 Å². The Morgan fingerprint density at radius 3 is 2.36 bits per heavy atom. The van der Waals surface area contributed by atoms with Gasteiger partial charge in [-0.2, -0.15) is 5.10 Å². The van der Waals surface area contributed by atoms with E-state index in [1.807, 2.05) is 19.9 Å². The van der Waals surface area contributed by atoms with Crippen LogP contribution in [0.4, 0.5) is 5.82 Å². The number of rotatable bonds is 5. The van der Waals surface area contributed by atoms with E-state index in [4.69, 9.17) is 0 Å². The second kappa shape index (κ2) is 6.94. The van der Waals surface area contributed by atoms with E-state index in [9.17, 15) is 9.59 Å². The SMILES string of the molecule is CC(=O)N(CC(=O)Nc1cc(C(C)(C)C)nn1C)CC(C)C. The minimum absolute atomic E-state index is 0.0591. The normalized spacial score (nSPS) is 11.6. The highest BCUT2D eigenvalue weighted by molar-refractivity contribution is 5.93. The van der Waals surface area contributed by atoms with Gasteiger partial charge in [-0.05, 0) is 5.92 Å². The zero-order valence-corrected chi connectivity index (χ0v) is 14.7. The largest absolute Gasteiger partial charge is 0.333 e. The first-order valence-electron chi connectivity index (χ1n) is 7.60. The summed E-state index contributed by atoms with van der Waals surface area (Å²) in [6.07, 6.45) is 0. The Labute approximate surface area is 132 Å². The van der Waals surface area contributed by atoms with Gasteiger partial charge in [-0.15, -0.1) is 0 Å². The van der Waals surface area contributed by atoms with Crippen molar-refractivity contribution in [1.29, 1.82) is 0 Å². The van der Waals surface area contributed by atoms with Crippen molar-refractivity contribution in [2.75, 3.05) is 18.4 Å². The first-order valence-corrected chi connectivity index (χ1v) is 7.60. The molecular formula is C16H28N4O2. The first kappa shape index (κ1) is 18.2. The molecule has 124 valence electrons. The third kappa shape index (κ3) is 5.16. The van der Waals surface area contributed by atoms with Gasteiger partial charge < -0.3 is 10.2 Å². The number of nitrogens with zero attached hydrogens (tertiary/aromatic N) is 3. The molecule has 1 rings (SSSR count). The molecule has 0 unspecified atom stereocenters. The number of nitrogens with one attached hydrogen (secondary N) is 1. The molecule has 0 aromatic carbocycles. The van der Waals surface area contributed by atoms with E-state index in [-0.39, 0.29) is 23.8 Å². The molecule has 0 aliphatic rings. The minimum atomic E-state index is -0.209. The van der Waals surface area contributed by atoms with E-state index in [0.29, 0.717) is 18.3 Å². The summed E-state index contributed by atoms with van der Waals surface area (Å²) < 4.78 is 1.65. The zero-order chi connectivity index (χ0) is 17.1. The van der Waals surface area contributed by atoms with Crippen molar-refractivity contribution in [3.63, 3.8) is 0 Å². The van der Waals surface area contributed by atoms with E-state index in [2.05, 4.69) is 31.2 Å². The fraction of sp³-hybridized carbons (Fsp3) is 0.688. The lowest BCUT2D eigenvalue weighted by molar-refractivity contribution is -0.133. The van der Waals surface area contributed by atoms with E-state index in [1.54, 1.807) is 16.6 Å². The molecule has 6 nitrogen and oxygen atoms in total. The number of amides is 2. The van der Waals surface area contributed by atoms with E-state index < -0.39 is 0 Å². The second-order valence-electron chi connectivity index (χ2n) is 7.13. The summed E-state index contributed by atoms with van der Waals surface area (Å²) in [5.74, 6) is 0.660. The molecular weight excluding hydrogens is 280 g/mol. The van der Waals surface area contributed by atoms with Crippen LogP contribution in [0.1, 0.15) is 47.2 Å². The predicted octanol–water partition coefficient (Wildman–Crippen LogP) is 2.16. The number of aryl methyl sites for hydroxylation is 1. The highest BCUT2D eigenvalue weighted by atomic mass is 16.2. The van der Waals surface area contributed by atoms with E-state index in [1.165, 1.54) is 6.92 Å².